The predicted octanol–water partition coefficient (Wildman–Crippen LogP) is 4.25. The Labute approximate surface area is 143 Å². The van der Waals surface area contributed by atoms with E-state index in [0.717, 1.165) is 5.56 Å². The molecule has 2 aromatic carbocycles. The second kappa shape index (κ2) is 6.51. The molecule has 0 bridgehead atoms. The lowest BCUT2D eigenvalue weighted by Gasteiger charge is -2.34. The Kier molecular flexibility index (Phi) is 4.62. The van der Waals surface area contributed by atoms with E-state index in [4.69, 9.17) is 9.47 Å². The Hall–Kier alpha value is -1.56. The highest BCUT2D eigenvalue weighted by atomic mass is 79.9. The lowest BCUT2D eigenvalue weighted by atomic mass is 9.91. The number of phenolic OH excluding ortho intramolecular Hbond substituents is 1. The molecular formula is C18H19BrO4. The number of halogens is 1. The molecule has 1 heterocycles. The first-order valence-corrected chi connectivity index (χ1v) is 8.33. The lowest BCUT2D eigenvalue weighted by Crippen LogP contribution is -2.28. The van der Waals surface area contributed by atoms with Crippen LogP contribution in [0.5, 0.6) is 11.5 Å². The van der Waals surface area contributed by atoms with Gasteiger partial charge in [-0.1, -0.05) is 30.3 Å². The molecule has 4 nitrogen and oxygen atoms in total. The van der Waals surface area contributed by atoms with Crippen molar-refractivity contribution in [2.75, 3.05) is 0 Å². The Morgan fingerprint density at radius 1 is 1.17 bits per heavy atom. The van der Waals surface area contributed by atoms with E-state index < -0.39 is 6.10 Å². The number of hydrogen-bond donors (Lipinski definition) is 2. The number of fused-ring (bicyclic) bond motifs is 1. The molecule has 1 aliphatic heterocycles. The van der Waals surface area contributed by atoms with Gasteiger partial charge >= 0.3 is 0 Å². The van der Waals surface area contributed by atoms with Crippen molar-refractivity contribution in [1.82, 2.24) is 0 Å². The molecule has 0 radical (unpaired) electrons. The van der Waals surface area contributed by atoms with Crippen LogP contribution < -0.4 is 4.74 Å². The first-order valence-electron chi connectivity index (χ1n) is 7.54. The number of ether oxygens (including phenoxy) is 2. The van der Waals surface area contributed by atoms with Crippen LogP contribution in [0.15, 0.2) is 40.9 Å². The van der Waals surface area contributed by atoms with Crippen molar-refractivity contribution in [3.05, 3.63) is 57.6 Å². The monoisotopic (exact) mass is 378 g/mol. The van der Waals surface area contributed by atoms with Gasteiger partial charge in [0.05, 0.1) is 16.7 Å². The number of hydrogen-bond acceptors (Lipinski definition) is 4. The number of aromatic hydroxyl groups is 1. The topological polar surface area (TPSA) is 58.9 Å². The molecule has 2 aromatic rings. The summed E-state index contributed by atoms with van der Waals surface area (Å²) in [6.07, 6.45) is -1.54. The van der Waals surface area contributed by atoms with E-state index in [0.29, 0.717) is 28.0 Å². The van der Waals surface area contributed by atoms with Crippen molar-refractivity contribution >= 4 is 15.9 Å². The van der Waals surface area contributed by atoms with Gasteiger partial charge in [-0.15, -0.1) is 0 Å². The third kappa shape index (κ3) is 3.09. The Bertz CT molecular complexity index is 702. The van der Waals surface area contributed by atoms with E-state index in [-0.39, 0.29) is 18.0 Å². The zero-order valence-corrected chi connectivity index (χ0v) is 14.6. The van der Waals surface area contributed by atoms with Gasteiger partial charge in [0.25, 0.3) is 0 Å². The fourth-order valence-corrected chi connectivity index (χ4v) is 3.49. The fraction of sp³-hybridized carbons (Fsp3) is 0.333. The Balaban J connectivity index is 2.00. The SMILES string of the molecule is C[C@@H]1O[C@H](C)[C@H](O)c2c(O)cc(Br)c(OCc3ccccc3)c21. The van der Waals surface area contributed by atoms with Crippen LogP contribution in [0.2, 0.25) is 0 Å². The van der Waals surface area contributed by atoms with Crippen molar-refractivity contribution in [1.29, 1.82) is 0 Å². The number of rotatable bonds is 3. The quantitative estimate of drug-likeness (QED) is 0.837. The molecule has 0 aliphatic carbocycles. The van der Waals surface area contributed by atoms with Gasteiger partial charge in [-0.25, -0.2) is 0 Å². The summed E-state index contributed by atoms with van der Waals surface area (Å²) in [6.45, 7) is 4.08. The van der Waals surface area contributed by atoms with Gasteiger partial charge in [0.1, 0.15) is 24.2 Å². The Morgan fingerprint density at radius 2 is 1.87 bits per heavy atom. The first kappa shape index (κ1) is 16.3. The molecule has 0 unspecified atom stereocenters. The van der Waals surface area contributed by atoms with Gasteiger partial charge in [-0.3, -0.25) is 0 Å². The van der Waals surface area contributed by atoms with Crippen molar-refractivity contribution in [3.8, 4) is 11.5 Å². The van der Waals surface area contributed by atoms with Crippen LogP contribution in [0, 0.1) is 0 Å². The summed E-state index contributed by atoms with van der Waals surface area (Å²) >= 11 is 3.44. The van der Waals surface area contributed by atoms with Crippen LogP contribution in [-0.2, 0) is 11.3 Å². The molecule has 122 valence electrons. The third-order valence-electron chi connectivity index (χ3n) is 4.08. The zero-order chi connectivity index (χ0) is 16.6. The van der Waals surface area contributed by atoms with Crippen molar-refractivity contribution in [2.45, 2.75) is 38.8 Å². The summed E-state index contributed by atoms with van der Waals surface area (Å²) in [6, 6.07) is 11.4. The van der Waals surface area contributed by atoms with Crippen LogP contribution in [-0.4, -0.2) is 16.3 Å². The highest BCUT2D eigenvalue weighted by Crippen LogP contribution is 2.48. The zero-order valence-electron chi connectivity index (χ0n) is 13.0. The summed E-state index contributed by atoms with van der Waals surface area (Å²) in [5.74, 6) is 0.647. The molecule has 0 amide bonds. The summed E-state index contributed by atoms with van der Waals surface area (Å²) < 4.78 is 12.4. The minimum Gasteiger partial charge on any atom is -0.508 e. The minimum atomic E-state index is -0.881. The van der Waals surface area contributed by atoms with Gasteiger partial charge < -0.3 is 19.7 Å². The second-order valence-electron chi connectivity index (χ2n) is 5.74. The Morgan fingerprint density at radius 3 is 2.57 bits per heavy atom. The summed E-state index contributed by atoms with van der Waals surface area (Å²) in [4.78, 5) is 0. The number of phenols is 1. The second-order valence-corrected chi connectivity index (χ2v) is 6.59. The maximum absolute atomic E-state index is 10.4. The first-order chi connectivity index (χ1) is 11.0. The molecule has 0 fully saturated rings. The molecule has 1 aliphatic rings. The summed E-state index contributed by atoms with van der Waals surface area (Å²) in [5, 5.41) is 20.6. The largest absolute Gasteiger partial charge is 0.508 e. The van der Waals surface area contributed by atoms with Crippen LogP contribution in [0.1, 0.15) is 42.7 Å². The molecular weight excluding hydrogens is 360 g/mol. The standard InChI is InChI=1S/C18H19BrO4/c1-10-15-16(17(21)11(2)23-10)14(20)8-13(19)18(15)22-9-12-6-4-3-5-7-12/h3-8,10-11,17,20-21H,9H2,1-2H3/t10-,11+,17-/m0/s1. The van der Waals surface area contributed by atoms with E-state index >= 15 is 0 Å². The normalized spacial score (nSPS) is 23.4. The smallest absolute Gasteiger partial charge is 0.140 e. The maximum Gasteiger partial charge on any atom is 0.140 e. The molecule has 3 rings (SSSR count). The molecule has 5 heteroatoms. The predicted molar refractivity (Wildman–Crippen MR) is 90.5 cm³/mol. The highest BCUT2D eigenvalue weighted by molar-refractivity contribution is 9.10. The van der Waals surface area contributed by atoms with Crippen LogP contribution in [0.4, 0.5) is 0 Å². The van der Waals surface area contributed by atoms with Gasteiger partial charge in [-0.05, 0) is 41.4 Å². The maximum atomic E-state index is 10.4. The fourth-order valence-electron chi connectivity index (χ4n) is 2.94. The molecule has 0 aromatic heterocycles. The van der Waals surface area contributed by atoms with Crippen molar-refractivity contribution in [2.24, 2.45) is 0 Å². The van der Waals surface area contributed by atoms with Crippen LogP contribution in [0.3, 0.4) is 0 Å². The van der Waals surface area contributed by atoms with Gasteiger partial charge in [0.2, 0.25) is 0 Å². The summed E-state index contributed by atoms with van der Waals surface area (Å²) in [7, 11) is 0. The molecule has 0 saturated heterocycles. The lowest BCUT2D eigenvalue weighted by molar-refractivity contribution is -0.0828. The van der Waals surface area contributed by atoms with Crippen molar-refractivity contribution < 1.29 is 19.7 Å². The van der Waals surface area contributed by atoms with E-state index in [1.165, 1.54) is 0 Å². The highest BCUT2D eigenvalue weighted by Gasteiger charge is 2.36. The van der Waals surface area contributed by atoms with E-state index in [9.17, 15) is 10.2 Å². The molecule has 0 saturated carbocycles. The van der Waals surface area contributed by atoms with E-state index in [1.54, 1.807) is 13.0 Å². The van der Waals surface area contributed by atoms with Gasteiger partial charge in [0.15, 0.2) is 0 Å². The van der Waals surface area contributed by atoms with Gasteiger partial charge in [0, 0.05) is 11.1 Å². The third-order valence-corrected chi connectivity index (χ3v) is 4.67. The summed E-state index contributed by atoms with van der Waals surface area (Å²) in [5.41, 5.74) is 2.22. The van der Waals surface area contributed by atoms with Crippen molar-refractivity contribution in [3.63, 3.8) is 0 Å². The average Bonchev–Trinajstić information content (AvgIpc) is 2.52. The average molecular weight is 379 g/mol. The number of aliphatic hydroxyl groups is 1. The molecule has 23 heavy (non-hydrogen) atoms. The molecule has 2 N–H and O–H groups in total. The minimum absolute atomic E-state index is 0.0495. The number of benzene rings is 2. The van der Waals surface area contributed by atoms with E-state index in [2.05, 4.69) is 15.9 Å². The van der Waals surface area contributed by atoms with E-state index in [1.807, 2.05) is 37.3 Å². The van der Waals surface area contributed by atoms with Gasteiger partial charge in [-0.2, -0.15) is 0 Å². The van der Waals surface area contributed by atoms with Crippen LogP contribution >= 0.6 is 15.9 Å². The van der Waals surface area contributed by atoms with Crippen LogP contribution in [0.25, 0.3) is 0 Å². The molecule has 3 atom stereocenters. The molecule has 0 spiro atoms. The number of aliphatic hydroxyl groups excluding tert-OH is 1.